The van der Waals surface area contributed by atoms with Crippen LogP contribution < -0.4 is 14.7 Å². The van der Waals surface area contributed by atoms with Crippen molar-refractivity contribution in [2.75, 3.05) is 14.7 Å². The number of hydrogen-bond donors (Lipinski definition) is 0. The summed E-state index contributed by atoms with van der Waals surface area (Å²) in [7, 11) is 0. The molecule has 0 saturated heterocycles. The molecule has 6 aromatic heterocycles. The number of rotatable bonds is 18. The summed E-state index contributed by atoms with van der Waals surface area (Å²) in [5.74, 6) is 3.16. The zero-order chi connectivity index (χ0) is 97.7. The predicted octanol–water partition coefficient (Wildman–Crippen LogP) is 36.6. The molecule has 10 nitrogen and oxygen atoms in total. The van der Waals surface area contributed by atoms with Gasteiger partial charge in [0.25, 0.3) is 0 Å². The summed E-state index contributed by atoms with van der Waals surface area (Å²) >= 11 is 0. The van der Waals surface area contributed by atoms with E-state index < -0.39 is 0 Å². The summed E-state index contributed by atoms with van der Waals surface area (Å²) in [6, 6.07) is 178. The predicted molar refractivity (Wildman–Crippen MR) is 614 cm³/mol. The number of pyridine rings is 5. The Hall–Kier alpha value is -19.8. The molecule has 21 aromatic carbocycles. The van der Waals surface area contributed by atoms with E-state index in [4.69, 9.17) is 19.9 Å². The Bertz CT molecular complexity index is 8470. The van der Waals surface area contributed by atoms with Gasteiger partial charge < -0.3 is 0 Å². The fourth-order valence-electron chi connectivity index (χ4n) is 21.7. The van der Waals surface area contributed by atoms with E-state index in [9.17, 15) is 0 Å². The lowest BCUT2D eigenvalue weighted by atomic mass is 9.81. The molecule has 0 fully saturated rings. The molecule has 0 atom stereocenters. The molecule has 0 aliphatic heterocycles. The number of anilines is 9. The second-order valence-corrected chi connectivity index (χ2v) is 36.5. The van der Waals surface area contributed by atoms with E-state index in [0.717, 1.165) is 51.3 Å². The lowest BCUT2D eigenvalue weighted by molar-refractivity contribution is 1.09. The van der Waals surface area contributed by atoms with Gasteiger partial charge in [0.1, 0.15) is 17.5 Å². The summed E-state index contributed by atoms with van der Waals surface area (Å²) < 4.78 is 0. The SMILES string of the molecule is c1ccc(-c2cc(-c3ccccc3)c3c4ccccc4c4cc(N(c5ccccn5)c5cnccn5)ccc4c3c2-c2ccccc2)cc1.c1ccc(-c2cc(-c3ccccc3)c3c4ccccc4c4cc(N(c5cccnc5)c5ccccn5)ccc4c3c2-c2ccccc2)cc1.c1ccc(-c2cc(-c3ccccc3)c3c4ccccc4c4cc(N(c5ccncc5)c5ccccn5)ccc4c3c2-c2ccccc2)cc1. The van der Waals surface area contributed by atoms with Crippen LogP contribution in [-0.2, 0) is 0 Å². The highest BCUT2D eigenvalue weighted by atomic mass is 15.2. The van der Waals surface area contributed by atoms with E-state index in [-0.39, 0.29) is 0 Å². The number of fused-ring (bicyclic) bond motifs is 18. The topological polar surface area (TPSA) is 100.0 Å². The quantitative estimate of drug-likeness (QED) is 0.0772. The molecule has 0 unspecified atom stereocenters. The molecule has 0 amide bonds. The van der Waals surface area contributed by atoms with E-state index >= 15 is 0 Å². The number of aromatic nitrogens is 7. The van der Waals surface area contributed by atoms with Gasteiger partial charge in [0.05, 0.1) is 23.8 Å². The first-order valence-electron chi connectivity index (χ1n) is 49.6. The monoisotopic (exact) mass is 1880 g/mol. The van der Waals surface area contributed by atoms with Crippen molar-refractivity contribution in [1.29, 1.82) is 0 Å². The van der Waals surface area contributed by atoms with Crippen molar-refractivity contribution in [1.82, 2.24) is 34.9 Å². The Morgan fingerprint density at radius 2 is 0.401 bits per heavy atom. The minimum absolute atomic E-state index is 0.702. The van der Waals surface area contributed by atoms with Crippen molar-refractivity contribution in [3.63, 3.8) is 0 Å². The second-order valence-electron chi connectivity index (χ2n) is 36.5. The first-order chi connectivity index (χ1) is 73.0. The van der Waals surface area contributed by atoms with Gasteiger partial charge in [0.2, 0.25) is 0 Å². The van der Waals surface area contributed by atoms with Crippen LogP contribution in [0.2, 0.25) is 0 Å². The molecule has 0 aliphatic rings. The lowest BCUT2D eigenvalue weighted by Gasteiger charge is -2.26. The normalized spacial score (nSPS) is 11.3. The van der Waals surface area contributed by atoms with Crippen molar-refractivity contribution < 1.29 is 0 Å². The van der Waals surface area contributed by atoms with Crippen LogP contribution in [0.4, 0.5) is 51.7 Å². The highest BCUT2D eigenvalue weighted by Crippen LogP contribution is 2.56. The van der Waals surface area contributed by atoms with Crippen LogP contribution >= 0.6 is 0 Å². The van der Waals surface area contributed by atoms with Gasteiger partial charge in [0, 0.05) is 66.6 Å². The van der Waals surface area contributed by atoms with E-state index in [1.165, 1.54) is 192 Å². The number of hydrogen-bond acceptors (Lipinski definition) is 10. The van der Waals surface area contributed by atoms with E-state index in [1.807, 2.05) is 104 Å². The Morgan fingerprint density at radius 3 is 0.707 bits per heavy atom. The molecule has 0 saturated carbocycles. The Balaban J connectivity index is 0.000000115. The Labute approximate surface area is 851 Å². The zero-order valence-corrected chi connectivity index (χ0v) is 80.1. The first kappa shape index (κ1) is 88.6. The van der Waals surface area contributed by atoms with Gasteiger partial charge in [-0.3, -0.25) is 29.7 Å². The fourth-order valence-corrected chi connectivity index (χ4v) is 21.7. The molecule has 690 valence electrons. The van der Waals surface area contributed by atoms with Gasteiger partial charge in [-0.2, -0.15) is 0 Å². The maximum atomic E-state index is 4.77. The molecule has 10 heteroatoms. The summed E-state index contributed by atoms with van der Waals surface area (Å²) in [6.07, 6.45) is 18.0. The van der Waals surface area contributed by atoms with Crippen molar-refractivity contribution in [3.05, 3.63) is 559 Å². The van der Waals surface area contributed by atoms with Crippen LogP contribution in [0.5, 0.6) is 0 Å². The molecule has 27 aromatic rings. The summed E-state index contributed by atoms with van der Waals surface area (Å²) in [4.78, 5) is 38.6. The minimum atomic E-state index is 0.702. The fraction of sp³-hybridized carbons (Fsp3) is 0. The molecule has 27 rings (SSSR count). The number of nitrogens with zero attached hydrogens (tertiary/aromatic N) is 10. The summed E-state index contributed by atoms with van der Waals surface area (Å²) in [5.41, 5.74) is 26.7. The summed E-state index contributed by atoms with van der Waals surface area (Å²) in [5, 5.41) is 21.9. The van der Waals surface area contributed by atoms with Gasteiger partial charge >= 0.3 is 0 Å². The third kappa shape index (κ3) is 16.8. The molecular weight excluding hydrogens is 1790 g/mol. The average Bonchev–Trinajstić information content (AvgIpc) is 0.714. The minimum Gasteiger partial charge on any atom is -0.295 e. The van der Waals surface area contributed by atoms with Crippen LogP contribution in [0.15, 0.2) is 559 Å². The standard InChI is InChI=1S/2C46H31N3.C45H30N4/c1-4-15-32(16-5-1)40-30-41(33-17-6-2-7-18-33)45-38-23-11-10-22-37(38)42-29-35(25-26-39(42)46(45)44(40)34-19-8-3-9-20-34)49(36-21-14-27-47-31-36)43-24-12-13-28-48-43;1-4-14-32(15-5-1)40-31-41(33-16-6-2-7-17-33)45-38-21-11-10-20-37(38)42-30-36(23-24-39(42)46(45)44(40)34-18-8-3-9-19-34)49(35-25-28-47-29-26-35)43-22-12-13-27-48-43;1-4-14-31(15-5-1)38-29-39(32-16-6-2-7-17-32)44-36-21-11-10-20-35(36)40-28-34(23-24-37(40)45(44)43(38)33-18-8-3-9-19-33)49(41-22-12-13-25-47-41)42-30-46-26-27-48-42/h2*1-31H;1-30H. The van der Waals surface area contributed by atoms with Gasteiger partial charge in [-0.15, -0.1) is 0 Å². The molecule has 0 N–H and O–H groups in total. The van der Waals surface area contributed by atoms with Crippen LogP contribution in [0.1, 0.15) is 0 Å². The van der Waals surface area contributed by atoms with Crippen molar-refractivity contribution in [2.45, 2.75) is 0 Å². The Morgan fingerprint density at radius 1 is 0.129 bits per heavy atom. The first-order valence-corrected chi connectivity index (χ1v) is 49.6. The second kappa shape index (κ2) is 39.7. The maximum Gasteiger partial charge on any atom is 0.157 e. The van der Waals surface area contributed by atoms with Crippen LogP contribution in [0, 0.1) is 0 Å². The van der Waals surface area contributed by atoms with Gasteiger partial charge in [-0.1, -0.05) is 382 Å². The van der Waals surface area contributed by atoms with Crippen LogP contribution in [0.3, 0.4) is 0 Å². The highest BCUT2D eigenvalue weighted by Gasteiger charge is 2.29. The molecule has 0 aliphatic carbocycles. The number of benzene rings is 21. The molecule has 0 bridgehead atoms. The summed E-state index contributed by atoms with van der Waals surface area (Å²) in [6.45, 7) is 0. The van der Waals surface area contributed by atoms with E-state index in [1.54, 1.807) is 24.8 Å². The van der Waals surface area contributed by atoms with E-state index in [0.29, 0.717) is 5.82 Å². The van der Waals surface area contributed by atoms with Crippen molar-refractivity contribution in [2.24, 2.45) is 0 Å². The molecular formula is C137H92N10. The van der Waals surface area contributed by atoms with Gasteiger partial charge in [-0.25, -0.2) is 19.9 Å². The molecule has 0 spiro atoms. The van der Waals surface area contributed by atoms with Crippen molar-refractivity contribution in [3.8, 4) is 100 Å². The van der Waals surface area contributed by atoms with Gasteiger partial charge in [-0.05, 0) is 312 Å². The Kier molecular flexibility index (Phi) is 23.9. The van der Waals surface area contributed by atoms with Gasteiger partial charge in [0.15, 0.2) is 5.82 Å². The third-order valence-corrected chi connectivity index (χ3v) is 28.0. The van der Waals surface area contributed by atoms with E-state index in [2.05, 4.69) is 460 Å². The highest BCUT2D eigenvalue weighted by molar-refractivity contribution is 6.37. The van der Waals surface area contributed by atoms with Crippen LogP contribution in [0.25, 0.3) is 197 Å². The maximum absolute atomic E-state index is 4.77. The molecule has 6 heterocycles. The lowest BCUT2D eigenvalue weighted by Crippen LogP contribution is -2.13. The third-order valence-electron chi connectivity index (χ3n) is 28.0. The largest absolute Gasteiger partial charge is 0.295 e. The van der Waals surface area contributed by atoms with Crippen LogP contribution in [-0.4, -0.2) is 34.9 Å². The van der Waals surface area contributed by atoms with Crippen molar-refractivity contribution >= 4 is 149 Å². The smallest absolute Gasteiger partial charge is 0.157 e. The average molecular weight is 1880 g/mol. The zero-order valence-electron chi connectivity index (χ0n) is 80.1. The molecule has 147 heavy (non-hydrogen) atoms. The molecule has 0 radical (unpaired) electrons.